The number of carbonyl (C=O) groups excluding carboxylic acids is 2. The van der Waals surface area contributed by atoms with Gasteiger partial charge < -0.3 is 13.9 Å². The molecule has 2 aromatic carbocycles. The van der Waals surface area contributed by atoms with E-state index in [1.165, 1.54) is 12.0 Å². The highest BCUT2D eigenvalue weighted by Crippen LogP contribution is 2.43. The standard InChI is InChI=1S/C28H26N2O6S/c1-15(2)12-13-35-18-9-7-8-17(14-18)22-21-23(31)19-10-5-6-11-20(19)36-24(21)26(32)30(22)28-29-16(3)25(37-28)27(33)34-4/h5-11,14-15,22H,12-13H2,1-4H3/t22-/m1/s1. The Kier molecular flexibility index (Phi) is 6.55. The maximum atomic E-state index is 13.8. The van der Waals surface area contributed by atoms with Crippen molar-refractivity contribution in [2.24, 2.45) is 5.92 Å². The molecule has 0 spiro atoms. The monoisotopic (exact) mass is 518 g/mol. The van der Waals surface area contributed by atoms with Crippen LogP contribution >= 0.6 is 11.3 Å². The molecule has 1 aliphatic heterocycles. The van der Waals surface area contributed by atoms with E-state index >= 15 is 0 Å². The van der Waals surface area contributed by atoms with E-state index in [1.54, 1.807) is 31.2 Å². The predicted octanol–water partition coefficient (Wildman–Crippen LogP) is 5.52. The van der Waals surface area contributed by atoms with Crippen LogP contribution < -0.4 is 15.1 Å². The number of aryl methyl sites for hydroxylation is 1. The second-order valence-electron chi connectivity index (χ2n) is 9.25. The molecule has 0 saturated heterocycles. The molecule has 1 atom stereocenters. The molecule has 1 aliphatic rings. The minimum Gasteiger partial charge on any atom is -0.494 e. The summed E-state index contributed by atoms with van der Waals surface area (Å²) in [5.41, 5.74) is 1.38. The van der Waals surface area contributed by atoms with Gasteiger partial charge in [-0.3, -0.25) is 14.5 Å². The van der Waals surface area contributed by atoms with Crippen molar-refractivity contribution < 1.29 is 23.5 Å². The van der Waals surface area contributed by atoms with Crippen molar-refractivity contribution >= 4 is 39.3 Å². The fraction of sp³-hybridized carbons (Fsp3) is 0.286. The van der Waals surface area contributed by atoms with Crippen molar-refractivity contribution in [2.75, 3.05) is 18.6 Å². The number of fused-ring (bicyclic) bond motifs is 2. The highest BCUT2D eigenvalue weighted by Gasteiger charge is 2.45. The lowest BCUT2D eigenvalue weighted by atomic mass is 9.98. The number of esters is 1. The van der Waals surface area contributed by atoms with Gasteiger partial charge >= 0.3 is 5.97 Å². The third-order valence-electron chi connectivity index (χ3n) is 6.28. The number of amides is 1. The first-order valence-electron chi connectivity index (χ1n) is 12.0. The number of hydrogen-bond acceptors (Lipinski definition) is 8. The Bertz CT molecular complexity index is 1570. The summed E-state index contributed by atoms with van der Waals surface area (Å²) in [4.78, 5) is 46.0. The molecule has 37 heavy (non-hydrogen) atoms. The molecule has 0 bridgehead atoms. The first kappa shape index (κ1) is 24.7. The fourth-order valence-electron chi connectivity index (χ4n) is 4.39. The van der Waals surface area contributed by atoms with E-state index in [0.29, 0.717) is 40.5 Å². The summed E-state index contributed by atoms with van der Waals surface area (Å²) < 4.78 is 16.8. The van der Waals surface area contributed by atoms with Crippen LogP contribution in [0.5, 0.6) is 5.75 Å². The van der Waals surface area contributed by atoms with Crippen molar-refractivity contribution in [3.05, 3.63) is 86.2 Å². The first-order valence-corrected chi connectivity index (χ1v) is 12.8. The molecule has 0 unspecified atom stereocenters. The number of hydrogen-bond donors (Lipinski definition) is 0. The van der Waals surface area contributed by atoms with Gasteiger partial charge in [0.25, 0.3) is 5.91 Å². The van der Waals surface area contributed by atoms with Gasteiger partial charge in [0.1, 0.15) is 16.2 Å². The zero-order valence-corrected chi connectivity index (χ0v) is 21.8. The molecule has 0 N–H and O–H groups in total. The van der Waals surface area contributed by atoms with Gasteiger partial charge in [-0.2, -0.15) is 0 Å². The maximum Gasteiger partial charge on any atom is 0.350 e. The summed E-state index contributed by atoms with van der Waals surface area (Å²) in [6, 6.07) is 13.4. The van der Waals surface area contributed by atoms with E-state index in [4.69, 9.17) is 13.9 Å². The van der Waals surface area contributed by atoms with Crippen molar-refractivity contribution in [2.45, 2.75) is 33.2 Å². The number of methoxy groups -OCH3 is 1. The first-order chi connectivity index (χ1) is 17.8. The number of anilines is 1. The molecule has 1 amide bonds. The Labute approximate surface area is 217 Å². The van der Waals surface area contributed by atoms with Crippen molar-refractivity contribution in [1.29, 1.82) is 0 Å². The summed E-state index contributed by atoms with van der Waals surface area (Å²) in [6.45, 7) is 6.48. The largest absolute Gasteiger partial charge is 0.494 e. The van der Waals surface area contributed by atoms with Crippen LogP contribution in [-0.4, -0.2) is 30.6 Å². The van der Waals surface area contributed by atoms with Crippen LogP contribution in [0.1, 0.15) is 63.4 Å². The van der Waals surface area contributed by atoms with E-state index in [9.17, 15) is 14.4 Å². The van der Waals surface area contributed by atoms with Crippen LogP contribution in [0.3, 0.4) is 0 Å². The number of rotatable bonds is 7. The molecule has 0 aliphatic carbocycles. The van der Waals surface area contributed by atoms with Gasteiger partial charge in [-0.25, -0.2) is 9.78 Å². The number of nitrogens with zero attached hydrogens (tertiary/aromatic N) is 2. The van der Waals surface area contributed by atoms with Gasteiger partial charge in [0.05, 0.1) is 36.4 Å². The lowest BCUT2D eigenvalue weighted by Gasteiger charge is -2.23. The molecule has 2 aromatic heterocycles. The summed E-state index contributed by atoms with van der Waals surface area (Å²) >= 11 is 1.04. The van der Waals surface area contributed by atoms with Crippen LogP contribution in [0.15, 0.2) is 57.7 Å². The number of thiazole rings is 1. The lowest BCUT2D eigenvalue weighted by molar-refractivity contribution is 0.0605. The Morgan fingerprint density at radius 3 is 2.70 bits per heavy atom. The van der Waals surface area contributed by atoms with E-state index in [1.807, 2.05) is 24.3 Å². The Hall–Kier alpha value is -3.98. The zero-order chi connectivity index (χ0) is 26.3. The van der Waals surface area contributed by atoms with Gasteiger partial charge in [0, 0.05) is 0 Å². The van der Waals surface area contributed by atoms with Gasteiger partial charge in [0.2, 0.25) is 5.76 Å². The van der Waals surface area contributed by atoms with Crippen molar-refractivity contribution in [1.82, 2.24) is 4.98 Å². The van der Waals surface area contributed by atoms with Gasteiger partial charge in [-0.15, -0.1) is 0 Å². The Morgan fingerprint density at radius 1 is 1.16 bits per heavy atom. The van der Waals surface area contributed by atoms with Gasteiger partial charge in [-0.1, -0.05) is 49.4 Å². The van der Waals surface area contributed by atoms with Crippen LogP contribution in [0.2, 0.25) is 0 Å². The predicted molar refractivity (Wildman–Crippen MR) is 141 cm³/mol. The molecular weight excluding hydrogens is 492 g/mol. The molecule has 190 valence electrons. The zero-order valence-electron chi connectivity index (χ0n) is 20.9. The number of para-hydroxylation sites is 1. The quantitative estimate of drug-likeness (QED) is 0.297. The third kappa shape index (κ3) is 4.40. The highest BCUT2D eigenvalue weighted by molar-refractivity contribution is 7.17. The minimum atomic E-state index is -0.812. The van der Waals surface area contributed by atoms with E-state index in [0.717, 1.165) is 17.8 Å². The SMILES string of the molecule is COC(=O)c1sc(N2C(=O)c3oc4ccccc4c(=O)c3[C@H]2c2cccc(OCCC(C)C)c2)nc1C. The molecule has 5 rings (SSSR count). The normalized spacial score (nSPS) is 14.9. The molecule has 9 heteroatoms. The molecule has 0 saturated carbocycles. The number of benzene rings is 2. The Morgan fingerprint density at radius 2 is 1.95 bits per heavy atom. The second kappa shape index (κ2) is 9.82. The van der Waals surface area contributed by atoms with E-state index in [-0.39, 0.29) is 26.8 Å². The summed E-state index contributed by atoms with van der Waals surface area (Å²) in [6.07, 6.45) is 0.894. The highest BCUT2D eigenvalue weighted by atomic mass is 32.1. The van der Waals surface area contributed by atoms with Crippen LogP contribution in [0.4, 0.5) is 5.13 Å². The van der Waals surface area contributed by atoms with E-state index in [2.05, 4.69) is 18.8 Å². The van der Waals surface area contributed by atoms with Gasteiger partial charge in [-0.05, 0) is 49.1 Å². The average Bonchev–Trinajstić information content (AvgIpc) is 3.41. The molecule has 0 fully saturated rings. The number of aromatic nitrogens is 1. The maximum absolute atomic E-state index is 13.8. The fourth-order valence-corrected chi connectivity index (χ4v) is 5.40. The van der Waals surface area contributed by atoms with Crippen molar-refractivity contribution in [3.63, 3.8) is 0 Å². The van der Waals surface area contributed by atoms with E-state index < -0.39 is 17.9 Å². The van der Waals surface area contributed by atoms with Crippen LogP contribution in [0.25, 0.3) is 11.0 Å². The smallest absolute Gasteiger partial charge is 0.350 e. The Balaban J connectivity index is 1.68. The molecule has 4 aromatic rings. The lowest BCUT2D eigenvalue weighted by Crippen LogP contribution is -2.29. The molecule has 8 nitrogen and oxygen atoms in total. The molecular formula is C28H26N2O6S. The van der Waals surface area contributed by atoms with Crippen molar-refractivity contribution in [3.8, 4) is 5.75 Å². The molecule has 3 heterocycles. The topological polar surface area (TPSA) is 98.9 Å². The minimum absolute atomic E-state index is 0.0349. The molecule has 0 radical (unpaired) electrons. The summed E-state index contributed by atoms with van der Waals surface area (Å²) in [5.74, 6) is 0.0525. The summed E-state index contributed by atoms with van der Waals surface area (Å²) in [5, 5.41) is 0.657. The number of ether oxygens (including phenoxy) is 2. The average molecular weight is 519 g/mol. The number of carbonyl (C=O) groups is 2. The van der Waals surface area contributed by atoms with Crippen LogP contribution in [0, 0.1) is 12.8 Å². The summed E-state index contributed by atoms with van der Waals surface area (Å²) in [7, 11) is 1.29. The van der Waals surface area contributed by atoms with Crippen LogP contribution in [-0.2, 0) is 4.74 Å². The third-order valence-corrected chi connectivity index (χ3v) is 7.41. The second-order valence-corrected chi connectivity index (χ2v) is 10.2. The van der Waals surface area contributed by atoms with Gasteiger partial charge in [0.15, 0.2) is 10.6 Å².